The number of carbonyl (C=O) groups is 2. The van der Waals surface area contributed by atoms with E-state index in [0.717, 1.165) is 11.3 Å². The maximum atomic E-state index is 12.6. The van der Waals surface area contributed by atoms with Crippen LogP contribution in [0.25, 0.3) is 0 Å². The average molecular weight is 345 g/mol. The SMILES string of the molecule is C=CCN(Cc1ccc(OC)cc1)C(=O)c1csc(NC(C)=O)n1. The third kappa shape index (κ3) is 4.66. The van der Waals surface area contributed by atoms with Gasteiger partial charge in [-0.2, -0.15) is 0 Å². The van der Waals surface area contributed by atoms with E-state index in [9.17, 15) is 9.59 Å². The second kappa shape index (κ2) is 8.26. The van der Waals surface area contributed by atoms with Gasteiger partial charge < -0.3 is 15.0 Å². The van der Waals surface area contributed by atoms with Crippen molar-refractivity contribution in [2.75, 3.05) is 19.0 Å². The molecule has 2 aromatic rings. The van der Waals surface area contributed by atoms with E-state index in [0.29, 0.717) is 23.9 Å². The molecule has 1 heterocycles. The van der Waals surface area contributed by atoms with E-state index in [1.165, 1.54) is 18.3 Å². The largest absolute Gasteiger partial charge is 0.497 e. The molecule has 24 heavy (non-hydrogen) atoms. The molecule has 0 fully saturated rings. The summed E-state index contributed by atoms with van der Waals surface area (Å²) in [6.45, 7) is 5.93. The summed E-state index contributed by atoms with van der Waals surface area (Å²) in [6, 6.07) is 7.52. The number of nitrogens with one attached hydrogen (secondary N) is 1. The van der Waals surface area contributed by atoms with Gasteiger partial charge in [0.05, 0.1) is 7.11 Å². The molecule has 126 valence electrons. The Morgan fingerprint density at radius 1 is 1.38 bits per heavy atom. The normalized spacial score (nSPS) is 10.1. The van der Waals surface area contributed by atoms with Crippen LogP contribution >= 0.6 is 11.3 Å². The fourth-order valence-electron chi connectivity index (χ4n) is 2.07. The Bertz CT molecular complexity index is 725. The summed E-state index contributed by atoms with van der Waals surface area (Å²) in [5, 5.41) is 4.62. The van der Waals surface area contributed by atoms with E-state index in [1.54, 1.807) is 23.5 Å². The molecule has 1 N–H and O–H groups in total. The monoisotopic (exact) mass is 345 g/mol. The number of thiazole rings is 1. The number of nitrogens with zero attached hydrogens (tertiary/aromatic N) is 2. The second-order valence-electron chi connectivity index (χ2n) is 5.04. The molecule has 2 rings (SSSR count). The van der Waals surface area contributed by atoms with Crippen LogP contribution < -0.4 is 10.1 Å². The summed E-state index contributed by atoms with van der Waals surface area (Å²) in [5.74, 6) is 0.336. The maximum Gasteiger partial charge on any atom is 0.273 e. The lowest BCUT2D eigenvalue weighted by Crippen LogP contribution is -2.31. The molecule has 1 aromatic heterocycles. The minimum absolute atomic E-state index is 0.210. The molecule has 6 nitrogen and oxygen atoms in total. The number of rotatable bonds is 7. The Morgan fingerprint density at radius 2 is 2.08 bits per heavy atom. The van der Waals surface area contributed by atoms with Gasteiger partial charge in [0.25, 0.3) is 5.91 Å². The van der Waals surface area contributed by atoms with E-state index in [2.05, 4.69) is 16.9 Å². The van der Waals surface area contributed by atoms with Crippen molar-refractivity contribution in [1.29, 1.82) is 0 Å². The molecule has 0 bridgehead atoms. The first-order chi connectivity index (χ1) is 11.5. The fourth-order valence-corrected chi connectivity index (χ4v) is 2.80. The Labute approximate surface area is 144 Å². The molecule has 2 amide bonds. The molecule has 0 aliphatic rings. The molecule has 0 unspecified atom stereocenters. The van der Waals surface area contributed by atoms with Gasteiger partial charge in [-0.15, -0.1) is 17.9 Å². The van der Waals surface area contributed by atoms with Crippen LogP contribution in [0.15, 0.2) is 42.3 Å². The van der Waals surface area contributed by atoms with Crippen molar-refractivity contribution in [3.05, 3.63) is 53.6 Å². The van der Waals surface area contributed by atoms with E-state index < -0.39 is 0 Å². The number of aromatic nitrogens is 1. The van der Waals surface area contributed by atoms with Crippen molar-refractivity contribution in [3.8, 4) is 5.75 Å². The van der Waals surface area contributed by atoms with Gasteiger partial charge in [-0.3, -0.25) is 9.59 Å². The summed E-state index contributed by atoms with van der Waals surface area (Å²) in [5.41, 5.74) is 1.28. The van der Waals surface area contributed by atoms with E-state index in [-0.39, 0.29) is 11.8 Å². The summed E-state index contributed by atoms with van der Waals surface area (Å²) in [4.78, 5) is 29.5. The third-order valence-electron chi connectivity index (χ3n) is 3.18. The summed E-state index contributed by atoms with van der Waals surface area (Å²) >= 11 is 1.22. The van der Waals surface area contributed by atoms with E-state index in [4.69, 9.17) is 4.74 Å². The van der Waals surface area contributed by atoms with Crippen molar-refractivity contribution >= 4 is 28.3 Å². The molecular weight excluding hydrogens is 326 g/mol. The van der Waals surface area contributed by atoms with Gasteiger partial charge in [0, 0.05) is 25.4 Å². The molecule has 0 radical (unpaired) electrons. The Morgan fingerprint density at radius 3 is 2.67 bits per heavy atom. The number of benzene rings is 1. The van der Waals surface area contributed by atoms with Gasteiger partial charge >= 0.3 is 0 Å². The molecular formula is C17H19N3O3S. The Kier molecular flexibility index (Phi) is 6.08. The first-order valence-corrected chi connectivity index (χ1v) is 8.17. The fraction of sp³-hybridized carbons (Fsp3) is 0.235. The highest BCUT2D eigenvalue weighted by Gasteiger charge is 2.18. The molecule has 7 heteroatoms. The number of hydrogen-bond acceptors (Lipinski definition) is 5. The van der Waals surface area contributed by atoms with Gasteiger partial charge in [0.1, 0.15) is 11.4 Å². The second-order valence-corrected chi connectivity index (χ2v) is 5.90. The smallest absolute Gasteiger partial charge is 0.273 e. The zero-order valence-corrected chi connectivity index (χ0v) is 14.4. The quantitative estimate of drug-likeness (QED) is 0.783. The van der Waals surface area contributed by atoms with Gasteiger partial charge in [0.15, 0.2) is 5.13 Å². The van der Waals surface area contributed by atoms with Crippen LogP contribution in [0.5, 0.6) is 5.75 Å². The third-order valence-corrected chi connectivity index (χ3v) is 3.93. The van der Waals surface area contributed by atoms with Crippen molar-refractivity contribution in [2.24, 2.45) is 0 Å². The molecule has 0 aliphatic carbocycles. The van der Waals surface area contributed by atoms with Crippen molar-refractivity contribution < 1.29 is 14.3 Å². The van der Waals surface area contributed by atoms with Crippen LogP contribution in [0.3, 0.4) is 0 Å². The maximum absolute atomic E-state index is 12.6. The summed E-state index contributed by atoms with van der Waals surface area (Å²) < 4.78 is 5.13. The van der Waals surface area contributed by atoms with Crippen LogP contribution in [-0.4, -0.2) is 35.4 Å². The van der Waals surface area contributed by atoms with Gasteiger partial charge in [-0.25, -0.2) is 4.98 Å². The molecule has 0 aliphatic heterocycles. The lowest BCUT2D eigenvalue weighted by molar-refractivity contribution is -0.114. The van der Waals surface area contributed by atoms with Gasteiger partial charge in [0.2, 0.25) is 5.91 Å². The molecule has 0 spiro atoms. The number of amides is 2. The lowest BCUT2D eigenvalue weighted by atomic mass is 10.2. The lowest BCUT2D eigenvalue weighted by Gasteiger charge is -2.20. The molecule has 0 saturated carbocycles. The zero-order chi connectivity index (χ0) is 17.5. The first-order valence-electron chi connectivity index (χ1n) is 7.29. The van der Waals surface area contributed by atoms with Crippen molar-refractivity contribution in [2.45, 2.75) is 13.5 Å². The Balaban J connectivity index is 2.13. The first kappa shape index (κ1) is 17.7. The Hall–Kier alpha value is -2.67. The minimum atomic E-state index is -0.218. The topological polar surface area (TPSA) is 71.5 Å². The molecule has 1 aromatic carbocycles. The predicted octanol–water partition coefficient (Wildman–Crippen LogP) is 2.94. The highest BCUT2D eigenvalue weighted by Crippen LogP contribution is 2.19. The van der Waals surface area contributed by atoms with Crippen LogP contribution in [0.2, 0.25) is 0 Å². The van der Waals surface area contributed by atoms with Gasteiger partial charge in [-0.05, 0) is 17.7 Å². The number of carbonyl (C=O) groups excluding carboxylic acids is 2. The standard InChI is InChI=1S/C17H19N3O3S/c1-4-9-20(10-13-5-7-14(23-3)8-6-13)16(22)15-11-24-17(19-15)18-12(2)21/h4-8,11H,1,9-10H2,2-3H3,(H,18,19,21). The van der Waals surface area contributed by atoms with Crippen molar-refractivity contribution in [1.82, 2.24) is 9.88 Å². The van der Waals surface area contributed by atoms with Gasteiger partial charge in [-0.1, -0.05) is 18.2 Å². The van der Waals surface area contributed by atoms with E-state index in [1.807, 2.05) is 24.3 Å². The number of hydrogen-bond donors (Lipinski definition) is 1. The highest BCUT2D eigenvalue weighted by molar-refractivity contribution is 7.14. The summed E-state index contributed by atoms with van der Waals surface area (Å²) in [6.07, 6.45) is 1.67. The highest BCUT2D eigenvalue weighted by atomic mass is 32.1. The van der Waals surface area contributed by atoms with E-state index >= 15 is 0 Å². The molecule has 0 saturated heterocycles. The zero-order valence-electron chi connectivity index (χ0n) is 13.6. The predicted molar refractivity (Wildman–Crippen MR) is 94.3 cm³/mol. The summed E-state index contributed by atoms with van der Waals surface area (Å²) in [7, 11) is 1.61. The number of methoxy groups -OCH3 is 1. The number of anilines is 1. The minimum Gasteiger partial charge on any atom is -0.497 e. The van der Waals surface area contributed by atoms with Crippen LogP contribution in [-0.2, 0) is 11.3 Å². The van der Waals surface area contributed by atoms with Crippen LogP contribution in [0.1, 0.15) is 23.0 Å². The van der Waals surface area contributed by atoms with Crippen LogP contribution in [0.4, 0.5) is 5.13 Å². The van der Waals surface area contributed by atoms with Crippen molar-refractivity contribution in [3.63, 3.8) is 0 Å². The average Bonchev–Trinajstić information content (AvgIpc) is 3.02. The van der Waals surface area contributed by atoms with Crippen LogP contribution in [0, 0.1) is 0 Å². The molecule has 0 atom stereocenters. The number of ether oxygens (including phenoxy) is 1.